The van der Waals surface area contributed by atoms with Gasteiger partial charge in [-0.2, -0.15) is 0 Å². The van der Waals surface area contributed by atoms with Gasteiger partial charge in [-0.1, -0.05) is 20.8 Å². The van der Waals surface area contributed by atoms with Crippen molar-refractivity contribution in [2.24, 2.45) is 5.41 Å². The first-order valence-electron chi connectivity index (χ1n) is 5.95. The molecule has 17 heavy (non-hydrogen) atoms. The molecule has 0 spiro atoms. The summed E-state index contributed by atoms with van der Waals surface area (Å²) >= 11 is 0. The Morgan fingerprint density at radius 3 is 2.71 bits per heavy atom. The van der Waals surface area contributed by atoms with E-state index in [1.807, 2.05) is 23.8 Å². The lowest BCUT2D eigenvalue weighted by Gasteiger charge is -2.18. The molecule has 0 saturated carbocycles. The maximum Gasteiger partial charge on any atom is 0.202 e. The van der Waals surface area contributed by atoms with Crippen LogP contribution >= 0.6 is 0 Å². The predicted octanol–water partition coefficient (Wildman–Crippen LogP) is 2.76. The minimum absolute atomic E-state index is 0.285. The van der Waals surface area contributed by atoms with Crippen molar-refractivity contribution in [3.8, 4) is 0 Å². The van der Waals surface area contributed by atoms with E-state index in [9.17, 15) is 0 Å². The Bertz CT molecular complexity index is 534. The van der Waals surface area contributed by atoms with Crippen LogP contribution in [0.1, 0.15) is 32.8 Å². The maximum absolute atomic E-state index is 5.94. The van der Waals surface area contributed by atoms with Gasteiger partial charge in [0.1, 0.15) is 5.52 Å². The summed E-state index contributed by atoms with van der Waals surface area (Å²) in [4.78, 5) is 8.78. The van der Waals surface area contributed by atoms with Crippen LogP contribution in [0.2, 0.25) is 0 Å². The van der Waals surface area contributed by atoms with E-state index in [1.165, 1.54) is 0 Å². The minimum atomic E-state index is 0.285. The highest BCUT2D eigenvalue weighted by atomic mass is 15.2. The number of aryl methyl sites for hydroxylation is 2. The lowest BCUT2D eigenvalue weighted by atomic mass is 9.92. The molecule has 0 radical (unpaired) electrons. The van der Waals surface area contributed by atoms with Crippen LogP contribution in [0.3, 0.4) is 0 Å². The number of nitrogen functional groups attached to an aromatic ring is 1. The van der Waals surface area contributed by atoms with E-state index in [0.29, 0.717) is 5.95 Å². The fourth-order valence-electron chi connectivity index (χ4n) is 1.80. The third-order valence-electron chi connectivity index (χ3n) is 2.84. The van der Waals surface area contributed by atoms with E-state index < -0.39 is 0 Å². The molecule has 4 heteroatoms. The molecular formula is C13H20N4. The van der Waals surface area contributed by atoms with Crippen molar-refractivity contribution in [2.45, 2.75) is 40.7 Å². The van der Waals surface area contributed by atoms with Gasteiger partial charge in [0, 0.05) is 12.7 Å². The summed E-state index contributed by atoms with van der Waals surface area (Å²) in [5.74, 6) is 0.558. The lowest BCUT2D eigenvalue weighted by Crippen LogP contribution is -2.12. The molecule has 2 N–H and O–H groups in total. The van der Waals surface area contributed by atoms with E-state index in [1.54, 1.807) is 0 Å². The minimum Gasteiger partial charge on any atom is -0.369 e. The second-order valence-corrected chi connectivity index (χ2v) is 5.79. The lowest BCUT2D eigenvalue weighted by molar-refractivity contribution is 0.353. The van der Waals surface area contributed by atoms with E-state index >= 15 is 0 Å². The zero-order valence-electron chi connectivity index (χ0n) is 11.0. The quantitative estimate of drug-likeness (QED) is 0.866. The van der Waals surface area contributed by atoms with Gasteiger partial charge in [-0.15, -0.1) is 0 Å². The average Bonchev–Trinajstić information content (AvgIpc) is 2.48. The zero-order chi connectivity index (χ0) is 12.6. The first kappa shape index (κ1) is 11.9. The van der Waals surface area contributed by atoms with Crippen LogP contribution in [0.15, 0.2) is 12.3 Å². The van der Waals surface area contributed by atoms with Crippen LogP contribution < -0.4 is 5.73 Å². The van der Waals surface area contributed by atoms with Gasteiger partial charge in [-0.05, 0) is 30.4 Å². The molecule has 0 saturated heterocycles. The van der Waals surface area contributed by atoms with Gasteiger partial charge in [0.15, 0.2) is 5.65 Å². The third-order valence-corrected chi connectivity index (χ3v) is 2.84. The van der Waals surface area contributed by atoms with Crippen LogP contribution in [-0.4, -0.2) is 14.5 Å². The Kier molecular flexibility index (Phi) is 2.81. The van der Waals surface area contributed by atoms with E-state index in [2.05, 4.69) is 30.7 Å². The number of hydrogen-bond acceptors (Lipinski definition) is 3. The van der Waals surface area contributed by atoms with Gasteiger partial charge in [-0.3, -0.25) is 4.57 Å². The van der Waals surface area contributed by atoms with Crippen molar-refractivity contribution >= 4 is 17.1 Å². The summed E-state index contributed by atoms with van der Waals surface area (Å²) in [7, 11) is 0. The topological polar surface area (TPSA) is 56.7 Å². The number of aromatic nitrogens is 3. The van der Waals surface area contributed by atoms with E-state index in [-0.39, 0.29) is 5.41 Å². The number of hydrogen-bond donors (Lipinski definition) is 1. The SMILES string of the molecule is Cc1cnc2c(c1)nc(N)n2CCC(C)(C)C. The normalized spacial score (nSPS) is 12.2. The van der Waals surface area contributed by atoms with Crippen molar-refractivity contribution in [2.75, 3.05) is 5.73 Å². The molecule has 0 unspecified atom stereocenters. The average molecular weight is 232 g/mol. The van der Waals surface area contributed by atoms with Gasteiger partial charge in [-0.25, -0.2) is 9.97 Å². The van der Waals surface area contributed by atoms with Gasteiger partial charge >= 0.3 is 0 Å². The molecule has 0 amide bonds. The van der Waals surface area contributed by atoms with Crippen LogP contribution in [0, 0.1) is 12.3 Å². The Labute approximate surface area is 102 Å². The summed E-state index contributed by atoms with van der Waals surface area (Å²) in [5, 5.41) is 0. The van der Waals surface area contributed by atoms with Crippen LogP contribution in [0.5, 0.6) is 0 Å². The Hall–Kier alpha value is -1.58. The van der Waals surface area contributed by atoms with E-state index in [0.717, 1.165) is 29.7 Å². The Morgan fingerprint density at radius 2 is 2.06 bits per heavy atom. The van der Waals surface area contributed by atoms with Gasteiger partial charge in [0.25, 0.3) is 0 Å². The molecule has 0 aliphatic rings. The van der Waals surface area contributed by atoms with Gasteiger partial charge < -0.3 is 5.73 Å². The number of nitrogens with two attached hydrogens (primary N) is 1. The largest absolute Gasteiger partial charge is 0.369 e. The van der Waals surface area contributed by atoms with Gasteiger partial charge in [0.05, 0.1) is 0 Å². The van der Waals surface area contributed by atoms with Crippen LogP contribution in [0.4, 0.5) is 5.95 Å². The number of pyridine rings is 1. The molecule has 0 bridgehead atoms. The highest BCUT2D eigenvalue weighted by molar-refractivity contribution is 5.74. The predicted molar refractivity (Wildman–Crippen MR) is 70.7 cm³/mol. The first-order valence-corrected chi connectivity index (χ1v) is 5.95. The number of anilines is 1. The molecular weight excluding hydrogens is 212 g/mol. The fourth-order valence-corrected chi connectivity index (χ4v) is 1.80. The molecule has 2 aromatic rings. The molecule has 0 aliphatic heterocycles. The Balaban J connectivity index is 2.36. The van der Waals surface area contributed by atoms with E-state index in [4.69, 9.17) is 5.73 Å². The summed E-state index contributed by atoms with van der Waals surface area (Å²) in [6, 6.07) is 2.02. The molecule has 92 valence electrons. The highest BCUT2D eigenvalue weighted by Gasteiger charge is 2.14. The molecule has 4 nitrogen and oxygen atoms in total. The number of nitrogens with zero attached hydrogens (tertiary/aromatic N) is 3. The monoisotopic (exact) mass is 232 g/mol. The van der Waals surface area contributed by atoms with Gasteiger partial charge in [0.2, 0.25) is 5.95 Å². The van der Waals surface area contributed by atoms with Crippen molar-refractivity contribution in [3.05, 3.63) is 17.8 Å². The standard InChI is InChI=1S/C13H20N4/c1-9-7-10-11(15-8-9)17(12(14)16-10)6-5-13(2,3)4/h7-8H,5-6H2,1-4H3,(H2,14,16). The fraction of sp³-hybridized carbons (Fsp3) is 0.538. The molecule has 2 heterocycles. The summed E-state index contributed by atoms with van der Waals surface area (Å²) < 4.78 is 2.00. The zero-order valence-corrected chi connectivity index (χ0v) is 11.0. The molecule has 0 atom stereocenters. The molecule has 0 aromatic carbocycles. The maximum atomic E-state index is 5.94. The number of imidazole rings is 1. The summed E-state index contributed by atoms with van der Waals surface area (Å²) in [6.45, 7) is 9.54. The van der Waals surface area contributed by atoms with Crippen molar-refractivity contribution in [1.29, 1.82) is 0 Å². The van der Waals surface area contributed by atoms with Crippen molar-refractivity contribution in [3.63, 3.8) is 0 Å². The molecule has 0 aliphatic carbocycles. The highest BCUT2D eigenvalue weighted by Crippen LogP contribution is 2.23. The summed E-state index contributed by atoms with van der Waals surface area (Å²) in [5.41, 5.74) is 9.11. The number of fused-ring (bicyclic) bond motifs is 1. The second-order valence-electron chi connectivity index (χ2n) is 5.79. The summed E-state index contributed by atoms with van der Waals surface area (Å²) in [6.07, 6.45) is 2.91. The number of rotatable bonds is 2. The smallest absolute Gasteiger partial charge is 0.202 e. The molecule has 2 aromatic heterocycles. The van der Waals surface area contributed by atoms with Crippen LogP contribution in [0.25, 0.3) is 11.2 Å². The molecule has 0 fully saturated rings. The van der Waals surface area contributed by atoms with Crippen molar-refractivity contribution in [1.82, 2.24) is 14.5 Å². The third kappa shape index (κ3) is 2.57. The Morgan fingerprint density at radius 1 is 1.35 bits per heavy atom. The van der Waals surface area contributed by atoms with Crippen LogP contribution in [-0.2, 0) is 6.54 Å². The molecule has 2 rings (SSSR count). The van der Waals surface area contributed by atoms with Crippen molar-refractivity contribution < 1.29 is 0 Å². The first-order chi connectivity index (χ1) is 7.87. The second kappa shape index (κ2) is 4.02.